The Hall–Kier alpha value is -2.20. The highest BCUT2D eigenvalue weighted by Gasteiger charge is 2.22. The van der Waals surface area contributed by atoms with Crippen LogP contribution in [0.1, 0.15) is 50.8 Å². The Morgan fingerprint density at radius 3 is 1.73 bits per heavy atom. The van der Waals surface area contributed by atoms with Crippen molar-refractivity contribution in [3.63, 3.8) is 0 Å². The zero-order chi connectivity index (χ0) is 27.1. The molecule has 3 aromatic rings. The number of nitrogens with zero attached hydrogens (tertiary/aromatic N) is 1. The first-order chi connectivity index (χ1) is 17.4. The van der Waals surface area contributed by atoms with E-state index in [0.29, 0.717) is 29.7 Å². The van der Waals surface area contributed by atoms with E-state index < -0.39 is 0 Å². The van der Waals surface area contributed by atoms with Crippen molar-refractivity contribution in [3.8, 4) is 11.5 Å². The normalized spacial score (nSPS) is 12.1. The maximum atomic E-state index is 6.41. The van der Waals surface area contributed by atoms with Gasteiger partial charge in [-0.1, -0.05) is 81.2 Å². The smallest absolute Gasteiger partial charge is 0.122 e. The molecule has 0 aliphatic rings. The molecule has 3 aromatic carbocycles. The molecule has 0 heterocycles. The van der Waals surface area contributed by atoms with E-state index in [-0.39, 0.29) is 10.8 Å². The second kappa shape index (κ2) is 13.0. The summed E-state index contributed by atoms with van der Waals surface area (Å²) in [6, 6.07) is 22.3. The molecule has 3 nitrogen and oxygen atoms in total. The SMILES string of the molecule is CN(C)CC(C)(C)COc1ccc(Cl)cc1Cc1cc(Cl)ccc1OCC(C)(C)CCc1ccccc1. The zero-order valence-electron chi connectivity index (χ0n) is 23.1. The number of ether oxygens (including phenoxy) is 2. The second-order valence-corrected chi connectivity index (χ2v) is 12.7. The Morgan fingerprint density at radius 1 is 0.703 bits per heavy atom. The van der Waals surface area contributed by atoms with Gasteiger partial charge >= 0.3 is 0 Å². The maximum absolute atomic E-state index is 6.41. The van der Waals surface area contributed by atoms with Gasteiger partial charge in [-0.3, -0.25) is 0 Å². The molecule has 0 unspecified atom stereocenters. The van der Waals surface area contributed by atoms with Crippen molar-refractivity contribution >= 4 is 23.2 Å². The average molecular weight is 543 g/mol. The molecule has 0 aromatic heterocycles. The van der Waals surface area contributed by atoms with Crippen molar-refractivity contribution in [3.05, 3.63) is 93.5 Å². The van der Waals surface area contributed by atoms with Crippen molar-refractivity contribution in [1.82, 2.24) is 4.90 Å². The van der Waals surface area contributed by atoms with Crippen LogP contribution in [0.15, 0.2) is 66.7 Å². The van der Waals surface area contributed by atoms with Gasteiger partial charge in [0.25, 0.3) is 0 Å². The van der Waals surface area contributed by atoms with E-state index in [4.69, 9.17) is 32.7 Å². The van der Waals surface area contributed by atoms with Gasteiger partial charge in [0.15, 0.2) is 0 Å². The third-order valence-electron chi connectivity index (χ3n) is 6.34. The molecule has 0 spiro atoms. The molecule has 0 N–H and O–H groups in total. The largest absolute Gasteiger partial charge is 0.493 e. The molecular weight excluding hydrogens is 501 g/mol. The van der Waals surface area contributed by atoms with Crippen LogP contribution in [0.2, 0.25) is 10.0 Å². The van der Waals surface area contributed by atoms with Crippen LogP contribution in [-0.4, -0.2) is 38.8 Å². The molecule has 0 atom stereocenters. The topological polar surface area (TPSA) is 21.7 Å². The molecule has 3 rings (SSSR count). The van der Waals surface area contributed by atoms with Crippen LogP contribution in [0, 0.1) is 10.8 Å². The summed E-state index contributed by atoms with van der Waals surface area (Å²) in [5, 5.41) is 1.36. The Morgan fingerprint density at radius 2 is 1.22 bits per heavy atom. The van der Waals surface area contributed by atoms with Crippen LogP contribution in [-0.2, 0) is 12.8 Å². The van der Waals surface area contributed by atoms with Gasteiger partial charge in [0, 0.05) is 39.6 Å². The number of aryl methyl sites for hydroxylation is 1. The quantitative estimate of drug-likeness (QED) is 0.216. The first-order valence-corrected chi connectivity index (χ1v) is 13.7. The van der Waals surface area contributed by atoms with Crippen molar-refractivity contribution in [2.45, 2.75) is 47.0 Å². The third-order valence-corrected chi connectivity index (χ3v) is 6.81. The lowest BCUT2D eigenvalue weighted by Gasteiger charge is -2.28. The van der Waals surface area contributed by atoms with Crippen LogP contribution in [0.5, 0.6) is 11.5 Å². The minimum atomic E-state index is 0.00999. The van der Waals surface area contributed by atoms with Crippen molar-refractivity contribution < 1.29 is 9.47 Å². The summed E-state index contributed by atoms with van der Waals surface area (Å²) in [6.45, 7) is 11.1. The highest BCUT2D eigenvalue weighted by atomic mass is 35.5. The predicted molar refractivity (Wildman–Crippen MR) is 158 cm³/mol. The van der Waals surface area contributed by atoms with Crippen LogP contribution >= 0.6 is 23.2 Å². The summed E-state index contributed by atoms with van der Waals surface area (Å²) < 4.78 is 12.7. The third kappa shape index (κ3) is 9.89. The zero-order valence-corrected chi connectivity index (χ0v) is 24.6. The minimum absolute atomic E-state index is 0.00999. The van der Waals surface area contributed by atoms with Gasteiger partial charge in [0.2, 0.25) is 0 Å². The van der Waals surface area contributed by atoms with E-state index in [9.17, 15) is 0 Å². The average Bonchev–Trinajstić information content (AvgIpc) is 2.82. The van der Waals surface area contributed by atoms with Crippen LogP contribution < -0.4 is 9.47 Å². The molecule has 0 radical (unpaired) electrons. The van der Waals surface area contributed by atoms with E-state index in [0.717, 1.165) is 42.0 Å². The Bertz CT molecular complexity index is 1140. The molecule has 0 bridgehead atoms. The molecule has 37 heavy (non-hydrogen) atoms. The number of hydrogen-bond donors (Lipinski definition) is 0. The fourth-order valence-corrected chi connectivity index (χ4v) is 4.90. The van der Waals surface area contributed by atoms with E-state index in [2.05, 4.69) is 77.0 Å². The molecule has 0 saturated carbocycles. The van der Waals surface area contributed by atoms with Crippen LogP contribution in [0.3, 0.4) is 0 Å². The molecule has 0 fully saturated rings. The second-order valence-electron chi connectivity index (χ2n) is 11.8. The van der Waals surface area contributed by atoms with Gasteiger partial charge in [-0.05, 0) is 74.3 Å². The fraction of sp³-hybridized carbons (Fsp3) is 0.438. The van der Waals surface area contributed by atoms with E-state index in [1.807, 2.05) is 36.4 Å². The predicted octanol–water partition coefficient (Wildman–Crippen LogP) is 8.59. The van der Waals surface area contributed by atoms with Gasteiger partial charge in [-0.15, -0.1) is 0 Å². The van der Waals surface area contributed by atoms with E-state index in [1.54, 1.807) is 0 Å². The fourth-order valence-electron chi connectivity index (χ4n) is 4.51. The summed E-state index contributed by atoms with van der Waals surface area (Å²) in [5.41, 5.74) is 3.42. The molecule has 0 saturated heterocycles. The lowest BCUT2D eigenvalue weighted by molar-refractivity contribution is 0.140. The monoisotopic (exact) mass is 541 g/mol. The Balaban J connectivity index is 1.73. The van der Waals surface area contributed by atoms with E-state index >= 15 is 0 Å². The summed E-state index contributed by atoms with van der Waals surface area (Å²) in [7, 11) is 4.16. The van der Waals surface area contributed by atoms with Gasteiger partial charge in [-0.2, -0.15) is 0 Å². The van der Waals surface area contributed by atoms with Crippen molar-refractivity contribution in [2.24, 2.45) is 10.8 Å². The number of halogens is 2. The summed E-state index contributed by atoms with van der Waals surface area (Å²) >= 11 is 12.8. The summed E-state index contributed by atoms with van der Waals surface area (Å²) in [4.78, 5) is 2.18. The minimum Gasteiger partial charge on any atom is -0.493 e. The number of hydrogen-bond acceptors (Lipinski definition) is 3. The molecule has 0 aliphatic carbocycles. The lowest BCUT2D eigenvalue weighted by Crippen LogP contribution is -2.33. The highest BCUT2D eigenvalue weighted by molar-refractivity contribution is 6.31. The first kappa shape index (κ1) is 29.4. The van der Waals surface area contributed by atoms with Gasteiger partial charge < -0.3 is 14.4 Å². The maximum Gasteiger partial charge on any atom is 0.122 e. The van der Waals surface area contributed by atoms with E-state index in [1.165, 1.54) is 5.56 Å². The van der Waals surface area contributed by atoms with Crippen molar-refractivity contribution in [2.75, 3.05) is 33.9 Å². The van der Waals surface area contributed by atoms with Gasteiger partial charge in [0.1, 0.15) is 11.5 Å². The Labute approximate surface area is 233 Å². The molecule has 0 amide bonds. The Kier molecular flexibility index (Phi) is 10.3. The standard InChI is InChI=1S/C32H41Cl2NO2/c1-31(2,17-16-24-10-8-7-9-11-24)22-36-29-14-12-27(33)19-25(29)18-26-20-28(34)13-15-30(26)37-23-32(3,4)21-35(5)6/h7-15,19-20H,16-18,21-23H2,1-6H3. The summed E-state index contributed by atoms with van der Waals surface area (Å²) in [5.74, 6) is 1.68. The number of benzene rings is 3. The van der Waals surface area contributed by atoms with Crippen LogP contribution in [0.4, 0.5) is 0 Å². The molecule has 0 aliphatic heterocycles. The lowest BCUT2D eigenvalue weighted by atomic mass is 9.87. The number of rotatable bonds is 13. The molecule has 200 valence electrons. The molecular formula is C32H41Cl2NO2. The molecule has 5 heteroatoms. The van der Waals surface area contributed by atoms with Crippen LogP contribution in [0.25, 0.3) is 0 Å². The first-order valence-electron chi connectivity index (χ1n) is 12.9. The highest BCUT2D eigenvalue weighted by Crippen LogP contribution is 2.33. The summed E-state index contributed by atoms with van der Waals surface area (Å²) in [6.07, 6.45) is 2.68. The van der Waals surface area contributed by atoms with Gasteiger partial charge in [0.05, 0.1) is 13.2 Å². The van der Waals surface area contributed by atoms with Crippen molar-refractivity contribution in [1.29, 1.82) is 0 Å². The van der Waals surface area contributed by atoms with Gasteiger partial charge in [-0.25, -0.2) is 0 Å².